The maximum Gasteiger partial charge on any atom is 0.342 e. The molecule has 0 saturated heterocycles. The van der Waals surface area contributed by atoms with Crippen molar-refractivity contribution in [1.29, 1.82) is 0 Å². The molecule has 158 valence electrons. The second kappa shape index (κ2) is 8.99. The van der Waals surface area contributed by atoms with E-state index in [2.05, 4.69) is 21.7 Å². The number of thioether (sulfide) groups is 1. The summed E-state index contributed by atoms with van der Waals surface area (Å²) in [6.07, 6.45) is 3.69. The monoisotopic (exact) mass is 452 g/mol. The molecule has 4 aromatic rings. The molecular formula is C23H21ClN4O2S. The summed E-state index contributed by atoms with van der Waals surface area (Å²) in [4.78, 5) is 12.3. The zero-order valence-corrected chi connectivity index (χ0v) is 18.7. The first-order valence-electron chi connectivity index (χ1n) is 9.91. The van der Waals surface area contributed by atoms with E-state index in [9.17, 15) is 9.90 Å². The zero-order valence-electron chi connectivity index (χ0n) is 17.1. The maximum atomic E-state index is 12.1. The van der Waals surface area contributed by atoms with Gasteiger partial charge in [0.2, 0.25) is 0 Å². The molecule has 0 radical (unpaired) electrons. The number of hydrogen-bond donors (Lipinski definition) is 1. The van der Waals surface area contributed by atoms with E-state index >= 15 is 0 Å². The van der Waals surface area contributed by atoms with Gasteiger partial charge in [0.05, 0.1) is 0 Å². The number of carboxylic acid groups (broad SMARTS) is 1. The summed E-state index contributed by atoms with van der Waals surface area (Å²) in [7, 11) is 0. The number of rotatable bonds is 7. The van der Waals surface area contributed by atoms with Crippen LogP contribution in [0.25, 0.3) is 28.4 Å². The molecule has 0 fully saturated rings. The number of carboxylic acids is 1. The third kappa shape index (κ3) is 4.24. The molecule has 0 spiro atoms. The lowest BCUT2D eigenvalue weighted by molar-refractivity contribution is -0.131. The summed E-state index contributed by atoms with van der Waals surface area (Å²) >= 11 is 7.09. The number of aryl methyl sites for hydroxylation is 1. The predicted octanol–water partition coefficient (Wildman–Crippen LogP) is 5.81. The van der Waals surface area contributed by atoms with E-state index in [-0.39, 0.29) is 4.91 Å². The number of carbonyl (C=O) groups is 1. The van der Waals surface area contributed by atoms with Crippen LogP contribution in [-0.2, 0) is 17.9 Å². The van der Waals surface area contributed by atoms with Crippen molar-refractivity contribution < 1.29 is 9.90 Å². The Balaban J connectivity index is 1.73. The fourth-order valence-corrected chi connectivity index (χ4v) is 4.49. The van der Waals surface area contributed by atoms with Crippen molar-refractivity contribution >= 4 is 46.3 Å². The Labute approximate surface area is 189 Å². The second-order valence-corrected chi connectivity index (χ2v) is 8.31. The van der Waals surface area contributed by atoms with Gasteiger partial charge in [-0.1, -0.05) is 29.8 Å². The topological polar surface area (TPSA) is 72.9 Å². The SMILES string of the molecule is CCn1c(S/C(=C\c2cn(CC)c3ccccc23)C(=O)O)nnc1-c1ccc(Cl)cc1. The molecular weight excluding hydrogens is 432 g/mol. The molecule has 2 aromatic heterocycles. The highest BCUT2D eigenvalue weighted by Gasteiger charge is 2.19. The van der Waals surface area contributed by atoms with Gasteiger partial charge in [0.15, 0.2) is 11.0 Å². The highest BCUT2D eigenvalue weighted by atomic mass is 35.5. The number of para-hydroxylation sites is 1. The summed E-state index contributed by atoms with van der Waals surface area (Å²) in [5.41, 5.74) is 2.81. The van der Waals surface area contributed by atoms with Crippen LogP contribution in [-0.4, -0.2) is 30.4 Å². The largest absolute Gasteiger partial charge is 0.477 e. The molecule has 4 rings (SSSR count). The van der Waals surface area contributed by atoms with Gasteiger partial charge < -0.3 is 14.2 Å². The molecule has 0 saturated carbocycles. The molecule has 0 aliphatic rings. The van der Waals surface area contributed by atoms with Crippen molar-refractivity contribution in [3.63, 3.8) is 0 Å². The van der Waals surface area contributed by atoms with E-state index < -0.39 is 5.97 Å². The molecule has 0 amide bonds. The lowest BCUT2D eigenvalue weighted by Crippen LogP contribution is -2.02. The summed E-state index contributed by atoms with van der Waals surface area (Å²) in [6, 6.07) is 15.3. The van der Waals surface area contributed by atoms with Gasteiger partial charge in [-0.15, -0.1) is 10.2 Å². The van der Waals surface area contributed by atoms with Crippen LogP contribution in [0.5, 0.6) is 0 Å². The Hall–Kier alpha value is -3.03. The van der Waals surface area contributed by atoms with Crippen molar-refractivity contribution in [2.24, 2.45) is 0 Å². The van der Waals surface area contributed by atoms with E-state index in [4.69, 9.17) is 11.6 Å². The number of aliphatic carboxylic acids is 1. The average Bonchev–Trinajstić information content (AvgIpc) is 3.35. The number of aromatic nitrogens is 4. The first-order chi connectivity index (χ1) is 15.0. The minimum absolute atomic E-state index is 0.184. The molecule has 2 aromatic carbocycles. The molecule has 0 bridgehead atoms. The van der Waals surface area contributed by atoms with Crippen LogP contribution < -0.4 is 0 Å². The molecule has 1 N–H and O–H groups in total. The number of fused-ring (bicyclic) bond motifs is 1. The Kier molecular flexibility index (Phi) is 6.15. The van der Waals surface area contributed by atoms with E-state index in [0.717, 1.165) is 40.3 Å². The van der Waals surface area contributed by atoms with E-state index in [0.29, 0.717) is 22.5 Å². The van der Waals surface area contributed by atoms with Crippen LogP contribution >= 0.6 is 23.4 Å². The van der Waals surface area contributed by atoms with Gasteiger partial charge in [0.1, 0.15) is 4.91 Å². The van der Waals surface area contributed by atoms with Crippen LogP contribution in [0.4, 0.5) is 0 Å². The smallest absolute Gasteiger partial charge is 0.342 e. The van der Waals surface area contributed by atoms with Gasteiger partial charge in [0.25, 0.3) is 0 Å². The summed E-state index contributed by atoms with van der Waals surface area (Å²) in [6.45, 7) is 5.45. The lowest BCUT2D eigenvalue weighted by Gasteiger charge is -2.08. The van der Waals surface area contributed by atoms with Crippen molar-refractivity contribution in [2.45, 2.75) is 32.1 Å². The van der Waals surface area contributed by atoms with Crippen LogP contribution in [0.15, 0.2) is 64.8 Å². The van der Waals surface area contributed by atoms with Crippen LogP contribution in [0.2, 0.25) is 5.02 Å². The standard InChI is InChI=1S/C23H21ClN4O2S/c1-3-27-14-16(18-7-5-6-8-19(18)27)13-20(22(29)30)31-23-26-25-21(28(23)4-2)15-9-11-17(24)12-10-15/h5-14H,3-4H2,1-2H3,(H,29,30)/b20-13-. The first-order valence-corrected chi connectivity index (χ1v) is 11.1. The van der Waals surface area contributed by atoms with Crippen molar-refractivity contribution in [3.8, 4) is 11.4 Å². The summed E-state index contributed by atoms with van der Waals surface area (Å²) < 4.78 is 4.01. The summed E-state index contributed by atoms with van der Waals surface area (Å²) in [5, 5.41) is 20.6. The number of benzene rings is 2. The van der Waals surface area contributed by atoms with Crippen molar-refractivity contribution in [2.75, 3.05) is 0 Å². The van der Waals surface area contributed by atoms with Gasteiger partial charge in [-0.25, -0.2) is 4.79 Å². The van der Waals surface area contributed by atoms with Gasteiger partial charge in [0, 0.05) is 46.3 Å². The second-order valence-electron chi connectivity index (χ2n) is 6.86. The number of hydrogen-bond acceptors (Lipinski definition) is 4. The Morgan fingerprint density at radius 1 is 1.10 bits per heavy atom. The van der Waals surface area contributed by atoms with Crippen molar-refractivity contribution in [1.82, 2.24) is 19.3 Å². The maximum absolute atomic E-state index is 12.1. The molecule has 0 atom stereocenters. The molecule has 2 heterocycles. The third-order valence-electron chi connectivity index (χ3n) is 4.99. The molecule has 0 aliphatic heterocycles. The highest BCUT2D eigenvalue weighted by molar-refractivity contribution is 8.04. The number of nitrogens with zero attached hydrogens (tertiary/aromatic N) is 4. The Morgan fingerprint density at radius 3 is 2.52 bits per heavy atom. The first kappa shape index (κ1) is 21.2. The van der Waals surface area contributed by atoms with Gasteiger partial charge in [-0.3, -0.25) is 0 Å². The minimum Gasteiger partial charge on any atom is -0.477 e. The summed E-state index contributed by atoms with van der Waals surface area (Å²) in [5.74, 6) is -0.328. The van der Waals surface area contributed by atoms with Crippen LogP contribution in [0, 0.1) is 0 Å². The fourth-order valence-electron chi connectivity index (χ4n) is 3.49. The van der Waals surface area contributed by atoms with Crippen LogP contribution in [0.3, 0.4) is 0 Å². The zero-order chi connectivity index (χ0) is 22.0. The Bertz CT molecular complexity index is 1270. The fraction of sp³-hybridized carbons (Fsp3) is 0.174. The van der Waals surface area contributed by atoms with E-state index in [1.165, 1.54) is 0 Å². The quantitative estimate of drug-likeness (QED) is 0.283. The molecule has 6 nitrogen and oxygen atoms in total. The highest BCUT2D eigenvalue weighted by Crippen LogP contribution is 2.32. The minimum atomic E-state index is -1.00. The van der Waals surface area contributed by atoms with Crippen molar-refractivity contribution in [3.05, 3.63) is 70.2 Å². The predicted molar refractivity (Wildman–Crippen MR) is 125 cm³/mol. The lowest BCUT2D eigenvalue weighted by atomic mass is 10.1. The number of halogens is 1. The van der Waals surface area contributed by atoms with Gasteiger partial charge >= 0.3 is 5.97 Å². The molecule has 0 unspecified atom stereocenters. The normalized spacial score (nSPS) is 11.9. The average molecular weight is 453 g/mol. The van der Waals surface area contributed by atoms with E-state index in [1.807, 2.05) is 54.1 Å². The Morgan fingerprint density at radius 2 is 1.84 bits per heavy atom. The van der Waals surface area contributed by atoms with Gasteiger partial charge in [-0.2, -0.15) is 0 Å². The molecule has 31 heavy (non-hydrogen) atoms. The third-order valence-corrected chi connectivity index (χ3v) is 6.24. The van der Waals surface area contributed by atoms with Crippen LogP contribution in [0.1, 0.15) is 19.4 Å². The van der Waals surface area contributed by atoms with E-state index in [1.54, 1.807) is 18.2 Å². The molecule has 0 aliphatic carbocycles. The molecule has 8 heteroatoms. The van der Waals surface area contributed by atoms with Gasteiger partial charge in [-0.05, 0) is 62.0 Å².